The first-order valence-corrected chi connectivity index (χ1v) is 8.82. The lowest BCUT2D eigenvalue weighted by Crippen LogP contribution is -2.54. The number of amides is 5. The molecule has 1 aromatic carbocycles. The predicted octanol–water partition coefficient (Wildman–Crippen LogP) is -1.20. The highest BCUT2D eigenvalue weighted by Gasteiger charge is 2.46. The van der Waals surface area contributed by atoms with E-state index in [0.717, 1.165) is 4.90 Å². The quantitative estimate of drug-likeness (QED) is 0.395. The molecule has 2 heterocycles. The molecule has 1 fully saturated rings. The lowest BCUT2D eigenvalue weighted by molar-refractivity contribution is -0.136. The van der Waals surface area contributed by atoms with Crippen molar-refractivity contribution in [3.05, 3.63) is 29.3 Å². The maximum atomic E-state index is 12.9. The molecule has 5 amide bonds. The fourth-order valence-corrected chi connectivity index (χ4v) is 3.13. The van der Waals surface area contributed by atoms with Gasteiger partial charge in [-0.2, -0.15) is 0 Å². The zero-order valence-corrected chi connectivity index (χ0v) is 15.2. The molecule has 10 heteroatoms. The van der Waals surface area contributed by atoms with Gasteiger partial charge in [-0.25, -0.2) is 0 Å². The van der Waals surface area contributed by atoms with Crippen LogP contribution in [-0.4, -0.2) is 67.2 Å². The number of fused-ring (bicyclic) bond motifs is 1. The van der Waals surface area contributed by atoms with Gasteiger partial charge in [-0.15, -0.1) is 0 Å². The first-order valence-electron chi connectivity index (χ1n) is 8.82. The molecule has 28 heavy (non-hydrogen) atoms. The summed E-state index contributed by atoms with van der Waals surface area (Å²) in [4.78, 5) is 61.6. The van der Waals surface area contributed by atoms with Crippen LogP contribution in [0.2, 0.25) is 0 Å². The summed E-state index contributed by atoms with van der Waals surface area (Å²) in [6, 6.07) is 3.43. The third kappa shape index (κ3) is 3.72. The second-order valence-corrected chi connectivity index (χ2v) is 6.37. The van der Waals surface area contributed by atoms with Crippen LogP contribution < -0.4 is 20.7 Å². The molecular weight excluding hydrogens is 368 g/mol. The maximum absolute atomic E-state index is 12.9. The molecule has 0 aliphatic carbocycles. The number of nitrogens with one attached hydrogen (secondary N) is 3. The van der Waals surface area contributed by atoms with Gasteiger partial charge in [-0.1, -0.05) is 6.07 Å². The van der Waals surface area contributed by atoms with Gasteiger partial charge in [0.15, 0.2) is 6.61 Å². The van der Waals surface area contributed by atoms with Crippen LogP contribution >= 0.6 is 0 Å². The molecule has 0 bridgehead atoms. The first kappa shape index (κ1) is 19.5. The van der Waals surface area contributed by atoms with Crippen LogP contribution in [-0.2, 0) is 14.4 Å². The topological polar surface area (TPSA) is 134 Å². The van der Waals surface area contributed by atoms with Gasteiger partial charge < -0.3 is 15.4 Å². The van der Waals surface area contributed by atoms with E-state index >= 15 is 0 Å². The molecule has 2 aliphatic heterocycles. The van der Waals surface area contributed by atoms with E-state index < -0.39 is 29.7 Å². The van der Waals surface area contributed by atoms with Crippen LogP contribution in [0, 0.1) is 0 Å². The summed E-state index contributed by atoms with van der Waals surface area (Å²) in [6.07, 6.45) is 0.111. The average molecular weight is 388 g/mol. The summed E-state index contributed by atoms with van der Waals surface area (Å²) in [6.45, 7) is 0.701. The van der Waals surface area contributed by atoms with Gasteiger partial charge in [-0.05, 0) is 25.6 Å². The van der Waals surface area contributed by atoms with Crippen molar-refractivity contribution < 1.29 is 28.7 Å². The first-order chi connectivity index (χ1) is 13.4. The number of rotatable bonds is 7. The monoisotopic (exact) mass is 388 g/mol. The minimum atomic E-state index is -1.05. The summed E-state index contributed by atoms with van der Waals surface area (Å²) >= 11 is 0. The number of hydrogen-bond acceptors (Lipinski definition) is 7. The molecule has 1 atom stereocenters. The Hall–Kier alpha value is -3.27. The lowest BCUT2D eigenvalue weighted by atomic mass is 10.0. The highest BCUT2D eigenvalue weighted by molar-refractivity contribution is 6.24. The zero-order chi connectivity index (χ0) is 20.3. The molecule has 0 radical (unpaired) electrons. The Morgan fingerprint density at radius 1 is 1.21 bits per heavy atom. The largest absolute Gasteiger partial charge is 0.483 e. The molecule has 3 rings (SSSR count). The van der Waals surface area contributed by atoms with E-state index in [9.17, 15) is 24.0 Å². The number of ether oxygens (including phenoxy) is 1. The minimum absolute atomic E-state index is 0.0141. The molecular formula is C18H20N4O6. The zero-order valence-electron chi connectivity index (χ0n) is 15.2. The predicted molar refractivity (Wildman–Crippen MR) is 95.5 cm³/mol. The van der Waals surface area contributed by atoms with E-state index in [4.69, 9.17) is 4.74 Å². The third-order valence-corrected chi connectivity index (χ3v) is 4.49. The Labute approximate surface area is 160 Å². The third-order valence-electron chi connectivity index (χ3n) is 4.49. The van der Waals surface area contributed by atoms with Crippen molar-refractivity contribution in [2.45, 2.75) is 18.9 Å². The van der Waals surface area contributed by atoms with Gasteiger partial charge in [-0.3, -0.25) is 34.2 Å². The standard InChI is InChI=1S/C18H20N4O6/c1-19-7-8-20-14(24)9-28-12-4-2-3-10-15(12)18(27)22(17(10)26)11-5-6-13(23)21-16(11)25/h2-4,11,19H,5-9H2,1H3,(H,20,24)(H,21,23,25). The summed E-state index contributed by atoms with van der Waals surface area (Å²) in [5.41, 5.74) is 0.114. The number of nitrogens with zero attached hydrogens (tertiary/aromatic N) is 1. The molecule has 0 aromatic heterocycles. The highest BCUT2D eigenvalue weighted by atomic mass is 16.5. The molecule has 2 aliphatic rings. The average Bonchev–Trinajstić information content (AvgIpc) is 2.92. The molecule has 1 unspecified atom stereocenters. The minimum Gasteiger partial charge on any atom is -0.483 e. The molecule has 148 valence electrons. The Morgan fingerprint density at radius 3 is 2.71 bits per heavy atom. The number of carbonyl (C=O) groups is 5. The van der Waals surface area contributed by atoms with Crippen LogP contribution in [0.1, 0.15) is 33.6 Å². The van der Waals surface area contributed by atoms with Gasteiger partial charge in [0, 0.05) is 19.5 Å². The molecule has 0 spiro atoms. The molecule has 1 saturated heterocycles. The van der Waals surface area contributed by atoms with E-state index in [1.165, 1.54) is 18.2 Å². The van der Waals surface area contributed by atoms with Gasteiger partial charge in [0.2, 0.25) is 11.8 Å². The molecule has 0 saturated carbocycles. The van der Waals surface area contributed by atoms with Crippen molar-refractivity contribution in [2.24, 2.45) is 0 Å². The van der Waals surface area contributed by atoms with Crippen LogP contribution in [0.15, 0.2) is 18.2 Å². The molecule has 3 N–H and O–H groups in total. The number of carbonyl (C=O) groups excluding carboxylic acids is 5. The molecule has 1 aromatic rings. The Bertz CT molecular complexity index is 852. The number of likely N-dealkylation sites (N-methyl/N-ethyl adjacent to an activating group) is 1. The van der Waals surface area contributed by atoms with Crippen LogP contribution in [0.25, 0.3) is 0 Å². The van der Waals surface area contributed by atoms with Crippen molar-refractivity contribution in [3.63, 3.8) is 0 Å². The maximum Gasteiger partial charge on any atom is 0.266 e. The lowest BCUT2D eigenvalue weighted by Gasteiger charge is -2.27. The summed E-state index contributed by atoms with van der Waals surface area (Å²) in [5.74, 6) is -2.71. The number of hydrogen-bond donors (Lipinski definition) is 3. The molecule has 10 nitrogen and oxygen atoms in total. The fourth-order valence-electron chi connectivity index (χ4n) is 3.13. The second kappa shape index (κ2) is 8.17. The van der Waals surface area contributed by atoms with E-state index in [1.54, 1.807) is 7.05 Å². The number of imide groups is 2. The van der Waals surface area contributed by atoms with Crippen molar-refractivity contribution in [3.8, 4) is 5.75 Å². The van der Waals surface area contributed by atoms with Gasteiger partial charge in [0.1, 0.15) is 11.8 Å². The summed E-state index contributed by atoms with van der Waals surface area (Å²) in [7, 11) is 1.76. The Balaban J connectivity index is 1.76. The van der Waals surface area contributed by atoms with Gasteiger partial charge in [0.25, 0.3) is 17.7 Å². The Kier molecular flexibility index (Phi) is 5.69. The van der Waals surface area contributed by atoms with Crippen molar-refractivity contribution in [1.82, 2.24) is 20.9 Å². The van der Waals surface area contributed by atoms with Crippen LogP contribution in [0.5, 0.6) is 5.75 Å². The number of benzene rings is 1. The van der Waals surface area contributed by atoms with E-state index in [-0.39, 0.29) is 42.2 Å². The normalized spacial score (nSPS) is 18.8. The van der Waals surface area contributed by atoms with Gasteiger partial charge in [0.05, 0.1) is 11.1 Å². The highest BCUT2D eigenvalue weighted by Crippen LogP contribution is 2.33. The van der Waals surface area contributed by atoms with E-state index in [0.29, 0.717) is 13.1 Å². The van der Waals surface area contributed by atoms with Gasteiger partial charge >= 0.3 is 0 Å². The van der Waals surface area contributed by atoms with E-state index in [2.05, 4.69) is 16.0 Å². The smallest absolute Gasteiger partial charge is 0.266 e. The summed E-state index contributed by atoms with van der Waals surface area (Å²) in [5, 5.41) is 7.67. The van der Waals surface area contributed by atoms with Crippen molar-refractivity contribution in [1.29, 1.82) is 0 Å². The number of piperidine rings is 1. The van der Waals surface area contributed by atoms with E-state index in [1.807, 2.05) is 0 Å². The SMILES string of the molecule is CNCCNC(=O)COc1cccc2c1C(=O)N(C1CCC(=O)NC1=O)C2=O. The second-order valence-electron chi connectivity index (χ2n) is 6.37. The van der Waals surface area contributed by atoms with Crippen LogP contribution in [0.4, 0.5) is 0 Å². The fraction of sp³-hybridized carbons (Fsp3) is 0.389. The summed E-state index contributed by atoms with van der Waals surface area (Å²) < 4.78 is 5.45. The Morgan fingerprint density at radius 2 is 2.00 bits per heavy atom. The van der Waals surface area contributed by atoms with Crippen LogP contribution in [0.3, 0.4) is 0 Å². The van der Waals surface area contributed by atoms with Crippen molar-refractivity contribution in [2.75, 3.05) is 26.7 Å². The van der Waals surface area contributed by atoms with Crippen molar-refractivity contribution >= 4 is 29.5 Å².